The highest BCUT2D eigenvalue weighted by atomic mass is 32.2. The Morgan fingerprint density at radius 3 is 2.40 bits per heavy atom. The lowest BCUT2D eigenvalue weighted by Gasteiger charge is -2.16. The van der Waals surface area contributed by atoms with Crippen LogP contribution in [0.1, 0.15) is 38.5 Å². The third-order valence-corrected chi connectivity index (χ3v) is 4.34. The molecular formula is C15H24N2O2S. The quantitative estimate of drug-likeness (QED) is 0.818. The third kappa shape index (κ3) is 5.41. The molecule has 1 fully saturated rings. The molecule has 1 saturated carbocycles. The van der Waals surface area contributed by atoms with Crippen molar-refractivity contribution < 1.29 is 8.42 Å². The predicted molar refractivity (Wildman–Crippen MR) is 84.6 cm³/mol. The van der Waals surface area contributed by atoms with Gasteiger partial charge in [-0.1, -0.05) is 31.7 Å². The van der Waals surface area contributed by atoms with Gasteiger partial charge in [-0.05, 0) is 37.0 Å². The summed E-state index contributed by atoms with van der Waals surface area (Å²) in [5.41, 5.74) is 1.58. The lowest BCUT2D eigenvalue weighted by molar-refractivity contribution is 0.483. The average molecular weight is 296 g/mol. The lowest BCUT2D eigenvalue weighted by Crippen LogP contribution is -2.14. The van der Waals surface area contributed by atoms with Gasteiger partial charge in [0, 0.05) is 12.2 Å². The maximum Gasteiger partial charge on any atom is 0.229 e. The van der Waals surface area contributed by atoms with Crippen LogP contribution in [-0.2, 0) is 10.0 Å². The molecule has 0 radical (unpaired) electrons. The van der Waals surface area contributed by atoms with E-state index in [-0.39, 0.29) is 0 Å². The third-order valence-electron chi connectivity index (χ3n) is 3.74. The highest BCUT2D eigenvalue weighted by Crippen LogP contribution is 2.24. The van der Waals surface area contributed by atoms with Crippen LogP contribution < -0.4 is 10.0 Å². The molecule has 4 nitrogen and oxygen atoms in total. The zero-order chi connectivity index (χ0) is 14.4. The molecule has 0 unspecified atom stereocenters. The zero-order valence-electron chi connectivity index (χ0n) is 12.1. The molecule has 1 aliphatic carbocycles. The molecule has 1 aromatic rings. The largest absolute Gasteiger partial charge is 0.385 e. The molecule has 2 N–H and O–H groups in total. The Balaban J connectivity index is 1.90. The molecule has 0 saturated heterocycles. The van der Waals surface area contributed by atoms with Crippen LogP contribution in [0.2, 0.25) is 0 Å². The van der Waals surface area contributed by atoms with Crippen molar-refractivity contribution in [2.45, 2.75) is 38.5 Å². The fourth-order valence-electron chi connectivity index (χ4n) is 2.74. The number of hydrogen-bond acceptors (Lipinski definition) is 3. The van der Waals surface area contributed by atoms with E-state index in [0.29, 0.717) is 5.69 Å². The monoisotopic (exact) mass is 296 g/mol. The van der Waals surface area contributed by atoms with Gasteiger partial charge in [0.05, 0.1) is 11.9 Å². The SMILES string of the molecule is CS(=O)(=O)Nc1cccc(NCC2CCCCCC2)c1. The van der Waals surface area contributed by atoms with E-state index in [1.807, 2.05) is 18.2 Å². The highest BCUT2D eigenvalue weighted by molar-refractivity contribution is 7.92. The van der Waals surface area contributed by atoms with Crippen LogP contribution in [0.15, 0.2) is 24.3 Å². The normalized spacial score (nSPS) is 17.4. The summed E-state index contributed by atoms with van der Waals surface area (Å²) >= 11 is 0. The fourth-order valence-corrected chi connectivity index (χ4v) is 3.29. The summed E-state index contributed by atoms with van der Waals surface area (Å²) in [5.74, 6) is 0.740. The molecule has 1 aromatic carbocycles. The van der Waals surface area contributed by atoms with Crippen molar-refractivity contribution in [3.8, 4) is 0 Å². The first-order chi connectivity index (χ1) is 9.53. The van der Waals surface area contributed by atoms with Crippen molar-refractivity contribution >= 4 is 21.4 Å². The van der Waals surface area contributed by atoms with Gasteiger partial charge < -0.3 is 5.32 Å². The van der Waals surface area contributed by atoms with Gasteiger partial charge in [-0.15, -0.1) is 0 Å². The lowest BCUT2D eigenvalue weighted by atomic mass is 10.0. The van der Waals surface area contributed by atoms with Gasteiger partial charge in [0.15, 0.2) is 0 Å². The Kier molecular flexibility index (Phi) is 5.29. The number of nitrogens with one attached hydrogen (secondary N) is 2. The Hall–Kier alpha value is -1.23. The second-order valence-corrected chi connectivity index (χ2v) is 7.44. The summed E-state index contributed by atoms with van der Waals surface area (Å²) in [6.07, 6.45) is 9.17. The van der Waals surface area contributed by atoms with Crippen molar-refractivity contribution in [1.29, 1.82) is 0 Å². The van der Waals surface area contributed by atoms with E-state index in [4.69, 9.17) is 0 Å². The summed E-state index contributed by atoms with van der Waals surface area (Å²) in [6, 6.07) is 7.45. The van der Waals surface area contributed by atoms with Crippen molar-refractivity contribution in [2.75, 3.05) is 22.8 Å². The number of benzene rings is 1. The van der Waals surface area contributed by atoms with Gasteiger partial charge in [0.25, 0.3) is 0 Å². The molecule has 0 amide bonds. The number of hydrogen-bond donors (Lipinski definition) is 2. The number of anilines is 2. The highest BCUT2D eigenvalue weighted by Gasteiger charge is 2.12. The van der Waals surface area contributed by atoms with Gasteiger partial charge in [-0.2, -0.15) is 0 Å². The number of rotatable bonds is 5. The molecule has 0 bridgehead atoms. The van der Waals surface area contributed by atoms with E-state index < -0.39 is 10.0 Å². The summed E-state index contributed by atoms with van der Waals surface area (Å²) in [4.78, 5) is 0. The van der Waals surface area contributed by atoms with E-state index in [0.717, 1.165) is 18.2 Å². The molecule has 5 heteroatoms. The second-order valence-electron chi connectivity index (χ2n) is 5.69. The van der Waals surface area contributed by atoms with Crippen LogP contribution in [0.3, 0.4) is 0 Å². The van der Waals surface area contributed by atoms with Gasteiger partial charge in [-0.3, -0.25) is 4.72 Å². The molecule has 0 aromatic heterocycles. The Morgan fingerprint density at radius 1 is 1.10 bits per heavy atom. The van der Waals surface area contributed by atoms with Crippen LogP contribution in [0.25, 0.3) is 0 Å². The first kappa shape index (κ1) is 15.2. The average Bonchev–Trinajstić information content (AvgIpc) is 2.63. The summed E-state index contributed by atoms with van der Waals surface area (Å²) < 4.78 is 24.9. The van der Waals surface area contributed by atoms with E-state index >= 15 is 0 Å². The van der Waals surface area contributed by atoms with E-state index in [9.17, 15) is 8.42 Å². The van der Waals surface area contributed by atoms with Gasteiger partial charge in [0.2, 0.25) is 10.0 Å². The molecule has 20 heavy (non-hydrogen) atoms. The van der Waals surface area contributed by atoms with Crippen LogP contribution >= 0.6 is 0 Å². The van der Waals surface area contributed by atoms with Gasteiger partial charge >= 0.3 is 0 Å². The second kappa shape index (κ2) is 6.97. The van der Waals surface area contributed by atoms with Gasteiger partial charge in [-0.25, -0.2) is 8.42 Å². The maximum absolute atomic E-state index is 11.2. The smallest absolute Gasteiger partial charge is 0.229 e. The molecule has 0 spiro atoms. The summed E-state index contributed by atoms with van der Waals surface area (Å²) in [6.45, 7) is 0.975. The minimum Gasteiger partial charge on any atom is -0.385 e. The minimum atomic E-state index is -3.21. The van der Waals surface area contributed by atoms with Crippen molar-refractivity contribution in [3.63, 3.8) is 0 Å². The van der Waals surface area contributed by atoms with Crippen LogP contribution in [0.5, 0.6) is 0 Å². The van der Waals surface area contributed by atoms with Crippen molar-refractivity contribution in [2.24, 2.45) is 5.92 Å². The van der Waals surface area contributed by atoms with Crippen molar-refractivity contribution in [1.82, 2.24) is 0 Å². The predicted octanol–water partition coefficient (Wildman–Crippen LogP) is 3.44. The summed E-state index contributed by atoms with van der Waals surface area (Å²) in [7, 11) is -3.21. The zero-order valence-corrected chi connectivity index (χ0v) is 12.9. The molecule has 0 atom stereocenters. The molecule has 1 aliphatic rings. The van der Waals surface area contributed by atoms with Gasteiger partial charge in [0.1, 0.15) is 0 Å². The molecule has 0 heterocycles. The number of sulfonamides is 1. The standard InChI is InChI=1S/C15H24N2O2S/c1-20(18,19)17-15-10-6-9-14(11-15)16-12-13-7-4-2-3-5-8-13/h6,9-11,13,16-17H,2-5,7-8,12H2,1H3. The van der Waals surface area contributed by atoms with E-state index in [2.05, 4.69) is 10.0 Å². The minimum absolute atomic E-state index is 0.610. The molecule has 112 valence electrons. The van der Waals surface area contributed by atoms with E-state index in [1.165, 1.54) is 44.8 Å². The van der Waals surface area contributed by atoms with Crippen molar-refractivity contribution in [3.05, 3.63) is 24.3 Å². The Bertz CT molecular complexity index is 520. The summed E-state index contributed by atoms with van der Waals surface area (Å²) in [5, 5.41) is 3.43. The Morgan fingerprint density at radius 2 is 1.75 bits per heavy atom. The van der Waals surface area contributed by atoms with Crippen LogP contribution in [0.4, 0.5) is 11.4 Å². The first-order valence-electron chi connectivity index (χ1n) is 7.35. The van der Waals surface area contributed by atoms with E-state index in [1.54, 1.807) is 6.07 Å². The Labute approximate surface area is 122 Å². The molecule has 0 aliphatic heterocycles. The molecule has 2 rings (SSSR count). The maximum atomic E-state index is 11.2. The molecular weight excluding hydrogens is 272 g/mol. The fraction of sp³-hybridized carbons (Fsp3) is 0.600. The van der Waals surface area contributed by atoms with Crippen LogP contribution in [-0.4, -0.2) is 21.2 Å². The topological polar surface area (TPSA) is 58.2 Å². The van der Waals surface area contributed by atoms with Crippen LogP contribution in [0, 0.1) is 5.92 Å². The first-order valence-corrected chi connectivity index (χ1v) is 9.24.